The van der Waals surface area contributed by atoms with Crippen molar-refractivity contribution >= 4 is 5.97 Å². The number of hydrogen-bond acceptors (Lipinski definition) is 9. The highest BCUT2D eigenvalue weighted by atomic mass is 16.7. The zero-order valence-electron chi connectivity index (χ0n) is 43.6. The van der Waals surface area contributed by atoms with Crippen LogP contribution >= 0.6 is 0 Å². The van der Waals surface area contributed by atoms with Crippen LogP contribution in [0.5, 0.6) is 0 Å². The molecule has 0 bridgehead atoms. The lowest BCUT2D eigenvalue weighted by Crippen LogP contribution is -2.59. The minimum absolute atomic E-state index is 0.122. The molecule has 0 saturated carbocycles. The van der Waals surface area contributed by atoms with Crippen LogP contribution in [0.1, 0.15) is 232 Å². The Kier molecular flexibility index (Phi) is 46.4. The topological polar surface area (TPSA) is 135 Å². The van der Waals surface area contributed by atoms with Gasteiger partial charge in [-0.3, -0.25) is 4.79 Å². The fraction of sp³-hybridized carbons (Fsp3) is 0.780. The molecule has 4 N–H and O–H groups in total. The lowest BCUT2D eigenvalue weighted by atomic mass is 9.99. The summed E-state index contributed by atoms with van der Waals surface area (Å²) in [6, 6.07) is 0. The minimum atomic E-state index is -1.54. The third-order valence-corrected chi connectivity index (χ3v) is 12.6. The lowest BCUT2D eigenvalue weighted by Gasteiger charge is -2.39. The van der Waals surface area contributed by atoms with Gasteiger partial charge in [0.15, 0.2) is 6.29 Å². The van der Waals surface area contributed by atoms with E-state index in [1.165, 1.54) is 141 Å². The van der Waals surface area contributed by atoms with Crippen molar-refractivity contribution < 1.29 is 44.2 Å². The highest BCUT2D eigenvalue weighted by Gasteiger charge is 2.44. The average Bonchev–Trinajstić information content (AvgIpc) is 3.34. The number of esters is 1. The van der Waals surface area contributed by atoms with Gasteiger partial charge in [0.1, 0.15) is 30.5 Å². The number of aliphatic hydroxyl groups is 4. The molecule has 1 rings (SSSR count). The monoisotopic (exact) mass is 957 g/mol. The van der Waals surface area contributed by atoms with E-state index in [1.54, 1.807) is 0 Å². The third kappa shape index (κ3) is 39.4. The molecule has 1 aliphatic heterocycles. The summed E-state index contributed by atoms with van der Waals surface area (Å²) in [5, 5.41) is 40.3. The first-order chi connectivity index (χ1) is 33.4. The molecule has 0 aromatic carbocycles. The first kappa shape index (κ1) is 63.6. The number of allylic oxidation sites excluding steroid dienone is 12. The molecule has 9 nitrogen and oxygen atoms in total. The highest BCUT2D eigenvalue weighted by molar-refractivity contribution is 5.69. The second-order valence-electron chi connectivity index (χ2n) is 19.0. The summed E-state index contributed by atoms with van der Waals surface area (Å²) >= 11 is 0. The number of rotatable bonds is 48. The van der Waals surface area contributed by atoms with Crippen LogP contribution in [0.25, 0.3) is 0 Å². The number of hydrogen-bond donors (Lipinski definition) is 4. The van der Waals surface area contributed by atoms with Crippen LogP contribution < -0.4 is 0 Å². The number of carbonyl (C=O) groups excluding carboxylic acids is 1. The number of aliphatic hydroxyl groups excluding tert-OH is 4. The van der Waals surface area contributed by atoms with Gasteiger partial charge in [-0.15, -0.1) is 0 Å². The molecule has 0 amide bonds. The summed E-state index contributed by atoms with van der Waals surface area (Å²) in [5.41, 5.74) is 0. The maximum Gasteiger partial charge on any atom is 0.306 e. The summed E-state index contributed by atoms with van der Waals surface area (Å²) < 4.78 is 22.9. The van der Waals surface area contributed by atoms with E-state index in [4.69, 9.17) is 18.9 Å². The second-order valence-corrected chi connectivity index (χ2v) is 19.0. The Morgan fingerprint density at radius 3 is 1.31 bits per heavy atom. The zero-order valence-corrected chi connectivity index (χ0v) is 43.6. The molecule has 1 aliphatic rings. The molecule has 1 saturated heterocycles. The van der Waals surface area contributed by atoms with Gasteiger partial charge >= 0.3 is 5.97 Å². The van der Waals surface area contributed by atoms with Crippen LogP contribution in [0, 0.1) is 0 Å². The van der Waals surface area contributed by atoms with Crippen molar-refractivity contribution in [1.82, 2.24) is 0 Å². The fourth-order valence-electron chi connectivity index (χ4n) is 8.21. The molecule has 1 heterocycles. The summed E-state index contributed by atoms with van der Waals surface area (Å²) in [6.07, 6.45) is 59.3. The van der Waals surface area contributed by atoms with E-state index in [0.29, 0.717) is 13.0 Å². The van der Waals surface area contributed by atoms with E-state index in [9.17, 15) is 25.2 Å². The molecule has 0 aliphatic carbocycles. The normalized spacial score (nSPS) is 19.6. The quantitative estimate of drug-likeness (QED) is 0.0267. The van der Waals surface area contributed by atoms with Crippen LogP contribution in [0.15, 0.2) is 72.9 Å². The van der Waals surface area contributed by atoms with Crippen molar-refractivity contribution in [2.75, 3.05) is 26.4 Å². The molecule has 394 valence electrons. The fourth-order valence-corrected chi connectivity index (χ4v) is 8.21. The summed E-state index contributed by atoms with van der Waals surface area (Å²) in [4.78, 5) is 12.9. The average molecular weight is 957 g/mol. The molecular formula is C59H104O9. The molecular weight excluding hydrogens is 853 g/mol. The largest absolute Gasteiger partial charge is 0.457 e. The number of carbonyl (C=O) groups is 1. The zero-order chi connectivity index (χ0) is 49.2. The molecule has 0 aromatic heterocycles. The van der Waals surface area contributed by atoms with Crippen molar-refractivity contribution in [2.45, 2.75) is 269 Å². The van der Waals surface area contributed by atoms with Gasteiger partial charge in [0.25, 0.3) is 0 Å². The van der Waals surface area contributed by atoms with Gasteiger partial charge in [0, 0.05) is 13.0 Å². The molecule has 9 heteroatoms. The minimum Gasteiger partial charge on any atom is -0.457 e. The number of ether oxygens (including phenoxy) is 4. The molecule has 0 aromatic rings. The van der Waals surface area contributed by atoms with Gasteiger partial charge in [-0.1, -0.05) is 209 Å². The lowest BCUT2D eigenvalue weighted by molar-refractivity contribution is -0.305. The van der Waals surface area contributed by atoms with Crippen molar-refractivity contribution in [3.05, 3.63) is 72.9 Å². The Labute approximate surface area is 417 Å². The van der Waals surface area contributed by atoms with Gasteiger partial charge < -0.3 is 39.4 Å². The van der Waals surface area contributed by atoms with Crippen molar-refractivity contribution in [2.24, 2.45) is 0 Å². The van der Waals surface area contributed by atoms with Crippen LogP contribution in [0.4, 0.5) is 0 Å². The Bertz CT molecular complexity index is 1270. The Balaban J connectivity index is 2.19. The first-order valence-electron chi connectivity index (χ1n) is 28.0. The molecule has 1 fully saturated rings. The van der Waals surface area contributed by atoms with Gasteiger partial charge in [-0.2, -0.15) is 0 Å². The molecule has 6 unspecified atom stereocenters. The maximum absolute atomic E-state index is 12.9. The summed E-state index contributed by atoms with van der Waals surface area (Å²) in [6.45, 7) is 4.51. The van der Waals surface area contributed by atoms with Gasteiger partial charge in [-0.05, 0) is 89.9 Å². The van der Waals surface area contributed by atoms with Crippen LogP contribution in [0.3, 0.4) is 0 Å². The van der Waals surface area contributed by atoms with Crippen LogP contribution in [-0.4, -0.2) is 89.6 Å². The summed E-state index contributed by atoms with van der Waals surface area (Å²) in [7, 11) is 0. The SMILES string of the molecule is CCCCC/C=C\C/C=C\C/C=C\CCCCCCCCCOCC(COC1OC(CO)C(O)C(O)C1O)OC(=O)CCCCCCCCCCCC/C=C\C/C=C\C/C=C\CCCCCCC. The Hall–Kier alpha value is -2.37. The van der Waals surface area contributed by atoms with E-state index < -0.39 is 43.4 Å². The Morgan fingerprint density at radius 2 is 0.853 bits per heavy atom. The molecule has 0 radical (unpaired) electrons. The second kappa shape index (κ2) is 49.6. The van der Waals surface area contributed by atoms with E-state index in [0.717, 1.165) is 70.6 Å². The predicted octanol–water partition coefficient (Wildman–Crippen LogP) is 14.4. The van der Waals surface area contributed by atoms with Crippen LogP contribution in [-0.2, 0) is 23.7 Å². The molecule has 68 heavy (non-hydrogen) atoms. The van der Waals surface area contributed by atoms with Crippen molar-refractivity contribution in [3.8, 4) is 0 Å². The van der Waals surface area contributed by atoms with Gasteiger partial charge in [-0.25, -0.2) is 0 Å². The van der Waals surface area contributed by atoms with Gasteiger partial charge in [0.05, 0.1) is 19.8 Å². The third-order valence-electron chi connectivity index (χ3n) is 12.6. The van der Waals surface area contributed by atoms with Crippen LogP contribution in [0.2, 0.25) is 0 Å². The van der Waals surface area contributed by atoms with E-state index in [2.05, 4.69) is 86.8 Å². The smallest absolute Gasteiger partial charge is 0.306 e. The molecule has 6 atom stereocenters. The van der Waals surface area contributed by atoms with Gasteiger partial charge in [0.2, 0.25) is 0 Å². The predicted molar refractivity (Wildman–Crippen MR) is 284 cm³/mol. The Morgan fingerprint density at radius 1 is 0.471 bits per heavy atom. The standard InChI is InChI=1S/C59H104O9/c1-3-5-7-9-11-13-15-17-19-21-23-25-26-27-28-29-30-32-34-36-38-40-42-44-46-48-55(61)67-53(52-66-59-58(64)57(63)56(62)54(50-60)68-59)51-65-49-47-45-43-41-39-37-35-33-31-24-22-20-18-16-14-12-10-8-6-4-2/h12,14-15,17-18,20-21,23-24,26-27,31,53-54,56-60,62-64H,3-11,13,16,19,22,25,28-30,32-52H2,1-2H3/b14-12-,17-15-,20-18-,23-21-,27-26-,31-24-. The van der Waals surface area contributed by atoms with Crippen molar-refractivity contribution in [3.63, 3.8) is 0 Å². The highest BCUT2D eigenvalue weighted by Crippen LogP contribution is 2.23. The number of unbranched alkanes of at least 4 members (excludes halogenated alkanes) is 25. The van der Waals surface area contributed by atoms with E-state index in [-0.39, 0.29) is 19.2 Å². The van der Waals surface area contributed by atoms with E-state index >= 15 is 0 Å². The van der Waals surface area contributed by atoms with E-state index in [1.807, 2.05) is 0 Å². The maximum atomic E-state index is 12.9. The molecule has 0 spiro atoms. The van der Waals surface area contributed by atoms with Crippen molar-refractivity contribution in [1.29, 1.82) is 0 Å². The first-order valence-corrected chi connectivity index (χ1v) is 28.0. The summed E-state index contributed by atoms with van der Waals surface area (Å²) in [5.74, 6) is -0.322.